The highest BCUT2D eigenvalue weighted by atomic mass is 29.1. The van der Waals surface area contributed by atoms with E-state index in [1.165, 1.54) is 28.6 Å². The molecule has 0 aromatic rings. The fraction of sp³-hybridized carbons (Fsp3) is 1.00. The zero-order chi connectivity index (χ0) is 7.94. The second kappa shape index (κ2) is 5.94. The summed E-state index contributed by atoms with van der Waals surface area (Å²) in [5.41, 5.74) is 0. The van der Waals surface area contributed by atoms with Crippen molar-refractivity contribution in [1.29, 1.82) is 0 Å². The van der Waals surface area contributed by atoms with Crippen molar-refractivity contribution in [2.24, 2.45) is 0 Å². The van der Waals surface area contributed by atoms with Gasteiger partial charge in [-0.3, -0.25) is 0 Å². The molecule has 0 spiro atoms. The van der Waals surface area contributed by atoms with Crippen molar-refractivity contribution in [2.45, 2.75) is 25.0 Å². The fourth-order valence-electron chi connectivity index (χ4n) is 1.01. The Morgan fingerprint density at radius 1 is 1.55 bits per heavy atom. The molecule has 1 aliphatic rings. The Balaban J connectivity index is 1.66. The first-order valence-corrected chi connectivity index (χ1v) is 11.3. The summed E-state index contributed by atoms with van der Waals surface area (Å²) < 4.78 is 10.4. The molecule has 1 fully saturated rings. The summed E-state index contributed by atoms with van der Waals surface area (Å²) in [4.78, 5) is 0. The molecule has 1 saturated heterocycles. The Bertz CT molecular complexity index is 96.4. The first-order chi connectivity index (χ1) is 5.43. The van der Waals surface area contributed by atoms with Gasteiger partial charge in [-0.25, -0.2) is 0 Å². The highest BCUT2D eigenvalue weighted by molar-refractivity contribution is 6.89. The van der Waals surface area contributed by atoms with E-state index in [-0.39, 0.29) is 0 Å². The van der Waals surface area contributed by atoms with Crippen molar-refractivity contribution in [3.63, 3.8) is 0 Å². The van der Waals surface area contributed by atoms with Crippen molar-refractivity contribution in [3.05, 3.63) is 0 Å². The monoisotopic (exact) mass is 190 g/mol. The third-order valence-electron chi connectivity index (χ3n) is 1.85. The largest absolute Gasteiger partial charge is 0.379 e. The smallest absolute Gasteiger partial charge is 0.104 e. The molecule has 0 aromatic carbocycles. The maximum absolute atomic E-state index is 5.41. The minimum absolute atomic E-state index is 0.435. The van der Waals surface area contributed by atoms with Gasteiger partial charge >= 0.3 is 0 Å². The molecule has 1 rings (SSSR count). The van der Waals surface area contributed by atoms with Crippen LogP contribution in [0.3, 0.4) is 0 Å². The van der Waals surface area contributed by atoms with Gasteiger partial charge < -0.3 is 9.47 Å². The topological polar surface area (TPSA) is 21.8 Å². The highest BCUT2D eigenvalue weighted by Crippen LogP contribution is 2.08. The lowest BCUT2D eigenvalue weighted by atomic mass is 10.3. The Morgan fingerprint density at radius 3 is 3.00 bits per heavy atom. The van der Waals surface area contributed by atoms with Gasteiger partial charge in [0.2, 0.25) is 0 Å². The molecule has 66 valence electrons. The molecule has 0 radical (unpaired) electrons. The quantitative estimate of drug-likeness (QED) is 0.293. The van der Waals surface area contributed by atoms with Crippen LogP contribution >= 0.6 is 0 Å². The zero-order valence-corrected chi connectivity index (χ0v) is 10.8. The minimum Gasteiger partial charge on any atom is -0.379 e. The number of hydrogen-bond acceptors (Lipinski definition) is 2. The van der Waals surface area contributed by atoms with Crippen molar-refractivity contribution in [2.75, 3.05) is 19.8 Å². The van der Waals surface area contributed by atoms with E-state index >= 15 is 0 Å². The van der Waals surface area contributed by atoms with E-state index in [1.807, 2.05) is 0 Å². The van der Waals surface area contributed by atoms with E-state index in [0.29, 0.717) is 15.1 Å². The van der Waals surface area contributed by atoms with Gasteiger partial charge in [0.25, 0.3) is 0 Å². The lowest BCUT2D eigenvalue weighted by molar-refractivity contribution is 0.114. The predicted octanol–water partition coefficient (Wildman–Crippen LogP) is -0.950. The molecule has 2 nitrogen and oxygen atoms in total. The molecule has 0 saturated carbocycles. The fourth-order valence-corrected chi connectivity index (χ4v) is 3.36. The third-order valence-corrected chi connectivity index (χ3v) is 5.18. The van der Waals surface area contributed by atoms with E-state index in [2.05, 4.69) is 0 Å². The number of hydrogen-bond donors (Lipinski definition) is 0. The Labute approximate surface area is 73.7 Å². The average Bonchev–Trinajstić information content (AvgIpc) is 2.80. The van der Waals surface area contributed by atoms with Crippen LogP contribution in [0.25, 0.3) is 0 Å². The Kier molecular flexibility index (Phi) is 5.09. The van der Waals surface area contributed by atoms with Crippen molar-refractivity contribution in [3.8, 4) is 0 Å². The first-order valence-electron chi connectivity index (χ1n) is 4.63. The van der Waals surface area contributed by atoms with Crippen LogP contribution in [-0.2, 0) is 9.47 Å². The predicted molar refractivity (Wildman–Crippen MR) is 53.1 cm³/mol. The standard InChI is InChI=1S/C7H18O2Si2/c10-11-4-2-1-3-8-5-7-6-9-7/h7H,1-6,11H2,10H3. The van der Waals surface area contributed by atoms with Gasteiger partial charge in [-0.2, -0.15) is 0 Å². The summed E-state index contributed by atoms with van der Waals surface area (Å²) in [6.07, 6.45) is 3.12. The highest BCUT2D eigenvalue weighted by Gasteiger charge is 2.21. The molecule has 1 aliphatic heterocycles. The SMILES string of the molecule is [SiH3][SiH2]CCCCOCC1CO1. The van der Waals surface area contributed by atoms with Gasteiger partial charge in [0.1, 0.15) is 6.10 Å². The first kappa shape index (κ1) is 9.44. The van der Waals surface area contributed by atoms with Crippen LogP contribution < -0.4 is 0 Å². The van der Waals surface area contributed by atoms with Crippen molar-refractivity contribution < 1.29 is 9.47 Å². The molecule has 1 heterocycles. The van der Waals surface area contributed by atoms with E-state index in [9.17, 15) is 0 Å². The van der Waals surface area contributed by atoms with Gasteiger partial charge in [0, 0.05) is 15.6 Å². The molecular weight excluding hydrogens is 172 g/mol. The van der Waals surface area contributed by atoms with E-state index in [0.717, 1.165) is 19.8 Å². The molecule has 0 N–H and O–H groups in total. The number of rotatable bonds is 7. The molecule has 1 unspecified atom stereocenters. The number of ether oxygens (including phenoxy) is 2. The van der Waals surface area contributed by atoms with E-state index in [1.54, 1.807) is 0 Å². The summed E-state index contributed by atoms with van der Waals surface area (Å²) in [6.45, 7) is 2.71. The summed E-state index contributed by atoms with van der Waals surface area (Å²) in [5, 5.41) is 0. The van der Waals surface area contributed by atoms with Crippen LogP contribution in [0.1, 0.15) is 12.8 Å². The normalized spacial score (nSPS) is 23.5. The van der Waals surface area contributed by atoms with Crippen LogP contribution in [0.15, 0.2) is 0 Å². The van der Waals surface area contributed by atoms with Crippen LogP contribution in [0.2, 0.25) is 6.04 Å². The lowest BCUT2D eigenvalue weighted by Gasteiger charge is -2.00. The van der Waals surface area contributed by atoms with Crippen LogP contribution in [0.5, 0.6) is 0 Å². The van der Waals surface area contributed by atoms with Gasteiger partial charge in [0.05, 0.1) is 13.2 Å². The summed E-state index contributed by atoms with van der Waals surface area (Å²) >= 11 is 0. The van der Waals surface area contributed by atoms with Gasteiger partial charge in [-0.1, -0.05) is 12.5 Å². The van der Waals surface area contributed by atoms with Crippen molar-refractivity contribution in [1.82, 2.24) is 0 Å². The maximum Gasteiger partial charge on any atom is 0.104 e. The summed E-state index contributed by atoms with van der Waals surface area (Å²) in [5.74, 6) is 0. The molecule has 0 aromatic heterocycles. The lowest BCUT2D eigenvalue weighted by Crippen LogP contribution is -2.02. The molecule has 0 amide bonds. The second-order valence-electron chi connectivity index (χ2n) is 3.09. The van der Waals surface area contributed by atoms with Gasteiger partial charge in [-0.05, 0) is 16.2 Å². The second-order valence-corrected chi connectivity index (χ2v) is 7.80. The van der Waals surface area contributed by atoms with Gasteiger partial charge in [-0.15, -0.1) is 0 Å². The zero-order valence-electron chi connectivity index (χ0n) is 7.34. The average molecular weight is 190 g/mol. The van der Waals surface area contributed by atoms with E-state index in [4.69, 9.17) is 9.47 Å². The molecular formula is C7H18O2Si2. The molecule has 11 heavy (non-hydrogen) atoms. The number of epoxide rings is 1. The van der Waals surface area contributed by atoms with Crippen LogP contribution in [0, 0.1) is 0 Å². The Morgan fingerprint density at radius 2 is 2.36 bits per heavy atom. The Hall–Kier alpha value is 0.354. The molecule has 0 aliphatic carbocycles. The summed E-state index contributed by atoms with van der Waals surface area (Å²) in [7, 11) is 1.93. The minimum atomic E-state index is 0.435. The van der Waals surface area contributed by atoms with Crippen molar-refractivity contribution >= 4 is 18.8 Å². The third kappa shape index (κ3) is 5.61. The van der Waals surface area contributed by atoms with Crippen LogP contribution in [-0.4, -0.2) is 44.7 Å². The molecule has 4 heteroatoms. The molecule has 1 atom stereocenters. The van der Waals surface area contributed by atoms with E-state index < -0.39 is 0 Å². The summed E-state index contributed by atoms with van der Waals surface area (Å²) in [6, 6.07) is 1.54. The van der Waals surface area contributed by atoms with Crippen LogP contribution in [0.4, 0.5) is 0 Å². The number of unbranched alkanes of at least 4 members (excludes halogenated alkanes) is 1. The van der Waals surface area contributed by atoms with Gasteiger partial charge in [0.15, 0.2) is 0 Å². The molecule has 0 bridgehead atoms. The maximum atomic E-state index is 5.41.